The van der Waals surface area contributed by atoms with Gasteiger partial charge in [-0.1, -0.05) is 12.1 Å². The molecular formula is C16H29ClN4O2. The summed E-state index contributed by atoms with van der Waals surface area (Å²) in [6, 6.07) is 0.234. The van der Waals surface area contributed by atoms with Gasteiger partial charge in [-0.2, -0.15) is 4.98 Å². The third kappa shape index (κ3) is 5.77. The lowest BCUT2D eigenvalue weighted by atomic mass is 9.96. The van der Waals surface area contributed by atoms with Gasteiger partial charge in [0.05, 0.1) is 0 Å². The van der Waals surface area contributed by atoms with Crippen molar-refractivity contribution in [3.8, 4) is 0 Å². The number of amides is 1. The van der Waals surface area contributed by atoms with Crippen LogP contribution < -0.4 is 5.73 Å². The van der Waals surface area contributed by atoms with Gasteiger partial charge in [-0.3, -0.25) is 4.79 Å². The highest BCUT2D eigenvalue weighted by Crippen LogP contribution is 2.20. The highest BCUT2D eigenvalue weighted by molar-refractivity contribution is 5.85. The monoisotopic (exact) mass is 344 g/mol. The Kier molecular flexibility index (Phi) is 8.55. The Morgan fingerprint density at radius 3 is 2.91 bits per heavy atom. The summed E-state index contributed by atoms with van der Waals surface area (Å²) in [5.74, 6) is 1.60. The van der Waals surface area contributed by atoms with Crippen LogP contribution in [0.15, 0.2) is 4.52 Å². The van der Waals surface area contributed by atoms with Crippen molar-refractivity contribution in [2.75, 3.05) is 6.54 Å². The van der Waals surface area contributed by atoms with Gasteiger partial charge < -0.3 is 15.2 Å². The zero-order chi connectivity index (χ0) is 15.9. The first-order valence-electron chi connectivity index (χ1n) is 8.48. The zero-order valence-corrected chi connectivity index (χ0v) is 15.0. The molecule has 2 unspecified atom stereocenters. The first-order chi connectivity index (χ1) is 10.6. The van der Waals surface area contributed by atoms with Crippen LogP contribution in [0.5, 0.6) is 0 Å². The zero-order valence-electron chi connectivity index (χ0n) is 14.2. The fourth-order valence-corrected chi connectivity index (χ4v) is 3.06. The smallest absolute Gasteiger partial charge is 0.226 e. The van der Waals surface area contributed by atoms with Gasteiger partial charge in [0, 0.05) is 37.9 Å². The number of likely N-dealkylation sites (tertiary alicyclic amines) is 1. The summed E-state index contributed by atoms with van der Waals surface area (Å²) >= 11 is 0. The number of halogens is 1. The molecule has 0 bridgehead atoms. The number of piperidine rings is 1. The van der Waals surface area contributed by atoms with Crippen LogP contribution in [0.4, 0.5) is 0 Å². The van der Waals surface area contributed by atoms with Crippen molar-refractivity contribution in [3.05, 3.63) is 11.7 Å². The van der Waals surface area contributed by atoms with Crippen LogP contribution >= 0.6 is 12.4 Å². The molecule has 7 heteroatoms. The van der Waals surface area contributed by atoms with E-state index in [1.165, 1.54) is 0 Å². The first kappa shape index (κ1) is 19.9. The van der Waals surface area contributed by atoms with Gasteiger partial charge in [-0.05, 0) is 39.0 Å². The molecule has 0 radical (unpaired) electrons. The van der Waals surface area contributed by atoms with E-state index in [4.69, 9.17) is 10.3 Å². The average molecular weight is 345 g/mol. The number of aryl methyl sites for hydroxylation is 2. The fourth-order valence-electron chi connectivity index (χ4n) is 3.06. The predicted octanol–water partition coefficient (Wildman–Crippen LogP) is 2.49. The second kappa shape index (κ2) is 9.88. The van der Waals surface area contributed by atoms with Crippen molar-refractivity contribution in [2.24, 2.45) is 5.73 Å². The van der Waals surface area contributed by atoms with Gasteiger partial charge in [-0.15, -0.1) is 12.4 Å². The molecule has 1 aliphatic heterocycles. The summed E-state index contributed by atoms with van der Waals surface area (Å²) in [5.41, 5.74) is 6.02. The molecule has 1 fully saturated rings. The van der Waals surface area contributed by atoms with Crippen LogP contribution in [0.2, 0.25) is 0 Å². The van der Waals surface area contributed by atoms with Gasteiger partial charge in [-0.25, -0.2) is 0 Å². The van der Waals surface area contributed by atoms with Crippen molar-refractivity contribution in [2.45, 2.75) is 77.3 Å². The summed E-state index contributed by atoms with van der Waals surface area (Å²) in [6.07, 6.45) is 7.05. The normalized spacial score (nSPS) is 19.3. The Bertz CT molecular complexity index is 478. The summed E-state index contributed by atoms with van der Waals surface area (Å²) in [6.45, 7) is 4.92. The summed E-state index contributed by atoms with van der Waals surface area (Å²) < 4.78 is 5.20. The minimum absolute atomic E-state index is 0. The van der Waals surface area contributed by atoms with Crippen molar-refractivity contribution >= 4 is 18.3 Å². The van der Waals surface area contributed by atoms with Crippen LogP contribution in [-0.4, -0.2) is 39.6 Å². The van der Waals surface area contributed by atoms with E-state index < -0.39 is 0 Å². The maximum Gasteiger partial charge on any atom is 0.226 e. The van der Waals surface area contributed by atoms with Crippen molar-refractivity contribution < 1.29 is 9.32 Å². The second-order valence-corrected chi connectivity index (χ2v) is 6.22. The Labute approximate surface area is 144 Å². The maximum absolute atomic E-state index is 12.4. The largest absolute Gasteiger partial charge is 0.339 e. The SMILES string of the molecule is CCCc1noc(CCCC(=O)N2CCCCC2C(C)N)n1.Cl. The van der Waals surface area contributed by atoms with Crippen molar-refractivity contribution in [1.82, 2.24) is 15.0 Å². The van der Waals surface area contributed by atoms with Crippen LogP contribution in [0, 0.1) is 0 Å². The number of carbonyl (C=O) groups is 1. The molecule has 1 aromatic rings. The van der Waals surface area contributed by atoms with Crippen LogP contribution in [0.3, 0.4) is 0 Å². The number of nitrogens with two attached hydrogens (primary N) is 1. The Morgan fingerprint density at radius 2 is 2.22 bits per heavy atom. The highest BCUT2D eigenvalue weighted by atomic mass is 35.5. The molecule has 0 saturated carbocycles. The molecule has 2 rings (SSSR count). The number of nitrogens with zero attached hydrogens (tertiary/aromatic N) is 3. The molecule has 1 aromatic heterocycles. The lowest BCUT2D eigenvalue weighted by Crippen LogP contribution is -2.51. The van der Waals surface area contributed by atoms with Gasteiger partial charge in [0.2, 0.25) is 11.8 Å². The first-order valence-corrected chi connectivity index (χ1v) is 8.48. The summed E-state index contributed by atoms with van der Waals surface area (Å²) in [4.78, 5) is 18.7. The lowest BCUT2D eigenvalue weighted by molar-refractivity contribution is -0.135. The number of aromatic nitrogens is 2. The van der Waals surface area contributed by atoms with E-state index in [0.717, 1.165) is 50.9 Å². The average Bonchev–Trinajstić information content (AvgIpc) is 2.95. The molecule has 23 heavy (non-hydrogen) atoms. The topological polar surface area (TPSA) is 85.2 Å². The molecule has 2 N–H and O–H groups in total. The third-order valence-corrected chi connectivity index (χ3v) is 4.24. The molecule has 1 saturated heterocycles. The Hall–Kier alpha value is -1.14. The summed E-state index contributed by atoms with van der Waals surface area (Å²) in [7, 11) is 0. The molecule has 6 nitrogen and oxygen atoms in total. The Balaban J connectivity index is 0.00000264. The van der Waals surface area contributed by atoms with E-state index in [1.807, 2.05) is 11.8 Å². The standard InChI is InChI=1S/C16H28N4O2.ClH/c1-3-7-14-18-15(22-19-14)9-6-10-16(21)20-11-5-4-8-13(20)12(2)17;/h12-13H,3-11,17H2,1-2H3;1H. The molecule has 1 aliphatic rings. The lowest BCUT2D eigenvalue weighted by Gasteiger charge is -2.38. The number of rotatable bonds is 7. The van der Waals surface area contributed by atoms with E-state index in [1.54, 1.807) is 0 Å². The molecule has 0 aromatic carbocycles. The Morgan fingerprint density at radius 1 is 1.43 bits per heavy atom. The summed E-state index contributed by atoms with van der Waals surface area (Å²) in [5, 5.41) is 3.93. The molecular weight excluding hydrogens is 316 g/mol. The van der Waals surface area contributed by atoms with Gasteiger partial charge in [0.15, 0.2) is 5.82 Å². The number of hydrogen-bond donors (Lipinski definition) is 1. The molecule has 132 valence electrons. The highest BCUT2D eigenvalue weighted by Gasteiger charge is 2.28. The molecule has 0 aliphatic carbocycles. The van der Waals surface area contributed by atoms with Crippen LogP contribution in [-0.2, 0) is 17.6 Å². The third-order valence-electron chi connectivity index (χ3n) is 4.24. The quantitative estimate of drug-likeness (QED) is 0.821. The molecule has 1 amide bonds. The van der Waals surface area contributed by atoms with Gasteiger partial charge in [0.25, 0.3) is 0 Å². The van der Waals surface area contributed by atoms with Crippen molar-refractivity contribution in [1.29, 1.82) is 0 Å². The molecule has 2 atom stereocenters. The van der Waals surface area contributed by atoms with E-state index in [0.29, 0.717) is 18.7 Å². The fraction of sp³-hybridized carbons (Fsp3) is 0.812. The van der Waals surface area contributed by atoms with E-state index in [-0.39, 0.29) is 30.4 Å². The van der Waals surface area contributed by atoms with Crippen LogP contribution in [0.25, 0.3) is 0 Å². The van der Waals surface area contributed by atoms with Gasteiger partial charge >= 0.3 is 0 Å². The second-order valence-electron chi connectivity index (χ2n) is 6.22. The predicted molar refractivity (Wildman–Crippen MR) is 91.5 cm³/mol. The van der Waals surface area contributed by atoms with E-state index in [2.05, 4.69) is 17.1 Å². The number of carbonyl (C=O) groups excluding carboxylic acids is 1. The number of hydrogen-bond acceptors (Lipinski definition) is 5. The van der Waals surface area contributed by atoms with E-state index >= 15 is 0 Å². The van der Waals surface area contributed by atoms with Crippen LogP contribution in [0.1, 0.15) is 64.1 Å². The minimum Gasteiger partial charge on any atom is -0.339 e. The maximum atomic E-state index is 12.4. The minimum atomic E-state index is 0. The van der Waals surface area contributed by atoms with E-state index in [9.17, 15) is 4.79 Å². The van der Waals surface area contributed by atoms with Gasteiger partial charge in [0.1, 0.15) is 0 Å². The molecule has 2 heterocycles. The van der Waals surface area contributed by atoms with Crippen molar-refractivity contribution in [3.63, 3.8) is 0 Å². The molecule has 0 spiro atoms.